The molecule has 26 heavy (non-hydrogen) atoms. The predicted octanol–water partition coefficient (Wildman–Crippen LogP) is 4.94. The molecule has 0 fully saturated rings. The second-order valence-corrected chi connectivity index (χ2v) is 6.89. The number of aryl methyl sites for hydroxylation is 1. The highest BCUT2D eigenvalue weighted by Crippen LogP contribution is 2.35. The molecule has 0 spiro atoms. The first-order valence-corrected chi connectivity index (χ1v) is 8.92. The van der Waals surface area contributed by atoms with Crippen molar-refractivity contribution in [3.05, 3.63) is 67.0 Å². The smallest absolute Gasteiger partial charge is 0.270 e. The Hall–Kier alpha value is -2.13. The average molecular weight is 487 g/mol. The standard InChI is InChI=1S/C18H13ClFIN2O3/c1-9-22-17(16(19)18(24)23-9)12-7-15(14(21)8-13(12)20)26-11-5-3-10(25-2)4-6-11/h3-8H,1-2H3,(H,22,23,24). The molecule has 134 valence electrons. The third kappa shape index (κ3) is 3.83. The SMILES string of the molecule is COc1ccc(Oc2cc(-c3nc(C)[nH]c(=O)c3Cl)c(F)cc2I)cc1. The Morgan fingerprint density at radius 1 is 1.19 bits per heavy atom. The molecule has 0 unspecified atom stereocenters. The van der Waals surface area contributed by atoms with Gasteiger partial charge in [-0.05, 0) is 65.9 Å². The van der Waals surface area contributed by atoms with Gasteiger partial charge in [0.05, 0.1) is 16.4 Å². The number of H-pyrrole nitrogens is 1. The van der Waals surface area contributed by atoms with Gasteiger partial charge in [0.15, 0.2) is 0 Å². The second kappa shape index (κ2) is 7.63. The highest BCUT2D eigenvalue weighted by Gasteiger charge is 2.18. The molecule has 0 aliphatic rings. The zero-order valence-electron chi connectivity index (χ0n) is 13.8. The molecule has 5 nitrogen and oxygen atoms in total. The van der Waals surface area contributed by atoms with Crippen LogP contribution in [0.1, 0.15) is 5.82 Å². The third-order valence-corrected chi connectivity index (χ3v) is 4.74. The van der Waals surface area contributed by atoms with Gasteiger partial charge in [0.1, 0.15) is 33.9 Å². The van der Waals surface area contributed by atoms with Gasteiger partial charge >= 0.3 is 0 Å². The van der Waals surface area contributed by atoms with Gasteiger partial charge in [0.2, 0.25) is 0 Å². The van der Waals surface area contributed by atoms with Gasteiger partial charge in [-0.1, -0.05) is 11.6 Å². The molecule has 0 amide bonds. The van der Waals surface area contributed by atoms with Crippen LogP contribution in [0.3, 0.4) is 0 Å². The van der Waals surface area contributed by atoms with Crippen LogP contribution in [-0.2, 0) is 0 Å². The van der Waals surface area contributed by atoms with E-state index in [9.17, 15) is 9.18 Å². The van der Waals surface area contributed by atoms with Crippen molar-refractivity contribution < 1.29 is 13.9 Å². The van der Waals surface area contributed by atoms with Crippen LogP contribution >= 0.6 is 34.2 Å². The van der Waals surface area contributed by atoms with Crippen molar-refractivity contribution in [1.82, 2.24) is 9.97 Å². The van der Waals surface area contributed by atoms with Gasteiger partial charge in [-0.3, -0.25) is 4.79 Å². The summed E-state index contributed by atoms with van der Waals surface area (Å²) in [4.78, 5) is 18.5. The molecule has 8 heteroatoms. The molecule has 3 aromatic rings. The summed E-state index contributed by atoms with van der Waals surface area (Å²) in [6.45, 7) is 1.60. The van der Waals surface area contributed by atoms with Crippen LogP contribution < -0.4 is 15.0 Å². The largest absolute Gasteiger partial charge is 0.497 e. The average Bonchev–Trinajstić information content (AvgIpc) is 2.61. The van der Waals surface area contributed by atoms with Crippen molar-refractivity contribution in [2.75, 3.05) is 7.11 Å². The number of ether oxygens (including phenoxy) is 2. The van der Waals surface area contributed by atoms with Gasteiger partial charge < -0.3 is 14.5 Å². The molecule has 0 aliphatic carbocycles. The molecule has 0 saturated carbocycles. The summed E-state index contributed by atoms with van der Waals surface area (Å²) >= 11 is 8.00. The normalized spacial score (nSPS) is 10.7. The monoisotopic (exact) mass is 486 g/mol. The second-order valence-electron chi connectivity index (χ2n) is 5.35. The minimum absolute atomic E-state index is 0.0707. The van der Waals surface area contributed by atoms with Crippen LogP contribution in [0.15, 0.2) is 41.2 Å². The number of rotatable bonds is 4. The zero-order valence-corrected chi connectivity index (χ0v) is 16.7. The minimum Gasteiger partial charge on any atom is -0.497 e. The number of nitrogens with one attached hydrogen (secondary N) is 1. The van der Waals surface area contributed by atoms with Gasteiger partial charge in [0.25, 0.3) is 5.56 Å². The van der Waals surface area contributed by atoms with E-state index in [0.29, 0.717) is 26.6 Å². The molecular formula is C18H13ClFIN2O3. The van der Waals surface area contributed by atoms with Crippen LogP contribution in [0, 0.1) is 16.3 Å². The quantitative estimate of drug-likeness (QED) is 0.531. The fourth-order valence-electron chi connectivity index (χ4n) is 2.31. The van der Waals surface area contributed by atoms with E-state index < -0.39 is 11.4 Å². The van der Waals surface area contributed by atoms with E-state index in [1.165, 1.54) is 12.1 Å². The van der Waals surface area contributed by atoms with Crippen LogP contribution in [0.4, 0.5) is 4.39 Å². The number of benzene rings is 2. The number of nitrogens with zero attached hydrogens (tertiary/aromatic N) is 1. The summed E-state index contributed by atoms with van der Waals surface area (Å²) in [5, 5.41) is -0.175. The summed E-state index contributed by atoms with van der Waals surface area (Å²) in [6.07, 6.45) is 0. The first-order chi connectivity index (χ1) is 12.4. The first kappa shape index (κ1) is 18.7. The number of halogens is 3. The molecule has 1 heterocycles. The van der Waals surface area contributed by atoms with Crippen LogP contribution in [0.2, 0.25) is 5.02 Å². The van der Waals surface area contributed by atoms with Gasteiger partial charge in [-0.15, -0.1) is 0 Å². The fourth-order valence-corrected chi connectivity index (χ4v) is 3.04. The van der Waals surface area contributed by atoms with E-state index in [2.05, 4.69) is 9.97 Å². The molecule has 0 radical (unpaired) electrons. The lowest BCUT2D eigenvalue weighted by Crippen LogP contribution is -2.12. The zero-order chi connectivity index (χ0) is 18.8. The topological polar surface area (TPSA) is 64.2 Å². The molecule has 0 aliphatic heterocycles. The molecule has 0 saturated heterocycles. The highest BCUT2D eigenvalue weighted by molar-refractivity contribution is 14.1. The summed E-state index contributed by atoms with van der Waals surface area (Å²) in [6, 6.07) is 9.77. The molecule has 3 rings (SSSR count). The van der Waals surface area contributed by atoms with E-state index in [-0.39, 0.29) is 16.3 Å². The van der Waals surface area contributed by atoms with Crippen LogP contribution in [0.25, 0.3) is 11.3 Å². The number of aromatic nitrogens is 2. The molecular weight excluding hydrogens is 474 g/mol. The number of hydrogen-bond donors (Lipinski definition) is 1. The van der Waals surface area contributed by atoms with E-state index in [4.69, 9.17) is 21.1 Å². The summed E-state index contributed by atoms with van der Waals surface area (Å²) in [5.74, 6) is 1.47. The third-order valence-electron chi connectivity index (χ3n) is 3.55. The summed E-state index contributed by atoms with van der Waals surface area (Å²) in [7, 11) is 1.57. The lowest BCUT2D eigenvalue weighted by Gasteiger charge is -2.12. The predicted molar refractivity (Wildman–Crippen MR) is 106 cm³/mol. The molecule has 1 N–H and O–H groups in total. The Labute approximate surface area is 167 Å². The van der Waals surface area contributed by atoms with Gasteiger partial charge in [-0.2, -0.15) is 0 Å². The van der Waals surface area contributed by atoms with Crippen molar-refractivity contribution >= 4 is 34.2 Å². The Balaban J connectivity index is 2.06. The fraction of sp³-hybridized carbons (Fsp3) is 0.111. The van der Waals surface area contributed by atoms with Crippen molar-refractivity contribution in [2.45, 2.75) is 6.92 Å². The Morgan fingerprint density at radius 2 is 1.85 bits per heavy atom. The Kier molecular flexibility index (Phi) is 5.47. The van der Waals surface area contributed by atoms with Crippen molar-refractivity contribution in [2.24, 2.45) is 0 Å². The van der Waals surface area contributed by atoms with Gasteiger partial charge in [0, 0.05) is 5.56 Å². The lowest BCUT2D eigenvalue weighted by molar-refractivity contribution is 0.412. The Bertz CT molecular complexity index is 1020. The van der Waals surface area contributed by atoms with Crippen LogP contribution in [0.5, 0.6) is 17.2 Å². The van der Waals surface area contributed by atoms with Gasteiger partial charge in [-0.25, -0.2) is 9.37 Å². The Morgan fingerprint density at radius 3 is 2.50 bits per heavy atom. The molecule has 1 aromatic heterocycles. The minimum atomic E-state index is -0.545. The van der Waals surface area contributed by atoms with Crippen molar-refractivity contribution in [3.63, 3.8) is 0 Å². The number of methoxy groups -OCH3 is 1. The van der Waals surface area contributed by atoms with E-state index in [1.807, 2.05) is 22.6 Å². The van der Waals surface area contributed by atoms with Crippen molar-refractivity contribution in [3.8, 4) is 28.5 Å². The summed E-state index contributed by atoms with van der Waals surface area (Å²) < 4.78 is 26.0. The van der Waals surface area contributed by atoms with Crippen LogP contribution in [-0.4, -0.2) is 17.1 Å². The lowest BCUT2D eigenvalue weighted by atomic mass is 10.1. The molecule has 0 atom stereocenters. The van der Waals surface area contributed by atoms with E-state index in [1.54, 1.807) is 38.3 Å². The maximum Gasteiger partial charge on any atom is 0.270 e. The maximum absolute atomic E-state index is 14.5. The van der Waals surface area contributed by atoms with E-state index >= 15 is 0 Å². The summed E-state index contributed by atoms with van der Waals surface area (Å²) in [5.41, 5.74) is -0.362. The number of aromatic amines is 1. The van der Waals surface area contributed by atoms with Crippen molar-refractivity contribution in [1.29, 1.82) is 0 Å². The molecule has 2 aromatic carbocycles. The van der Waals surface area contributed by atoms with E-state index in [0.717, 1.165) is 0 Å². The first-order valence-electron chi connectivity index (χ1n) is 7.46. The molecule has 0 bridgehead atoms. The number of hydrogen-bond acceptors (Lipinski definition) is 4. The maximum atomic E-state index is 14.5. The highest BCUT2D eigenvalue weighted by atomic mass is 127.